The van der Waals surface area contributed by atoms with E-state index in [2.05, 4.69) is 26.8 Å². The van der Waals surface area contributed by atoms with Gasteiger partial charge in [-0.05, 0) is 86.2 Å². The van der Waals surface area contributed by atoms with E-state index in [0.29, 0.717) is 23.7 Å². The molecule has 0 bridgehead atoms. The van der Waals surface area contributed by atoms with Crippen LogP contribution in [0.25, 0.3) is 0 Å². The van der Waals surface area contributed by atoms with Crippen molar-refractivity contribution in [3.63, 3.8) is 0 Å². The molecule has 4 nitrogen and oxygen atoms in total. The highest BCUT2D eigenvalue weighted by Gasteiger charge is 2.09. The van der Waals surface area contributed by atoms with Gasteiger partial charge in [0, 0.05) is 0 Å². The molecule has 2 rings (SSSR count). The van der Waals surface area contributed by atoms with E-state index in [0.717, 1.165) is 24.5 Å². The summed E-state index contributed by atoms with van der Waals surface area (Å²) in [5, 5.41) is 0. The van der Waals surface area contributed by atoms with E-state index >= 15 is 0 Å². The third-order valence-electron chi connectivity index (χ3n) is 6.21. The number of ether oxygens (including phenoxy) is 3. The van der Waals surface area contributed by atoms with Crippen molar-refractivity contribution in [2.75, 3.05) is 6.61 Å². The lowest BCUT2D eigenvalue weighted by Crippen LogP contribution is -2.08. The van der Waals surface area contributed by atoms with Crippen LogP contribution in [0.1, 0.15) is 102 Å². The second-order valence-electron chi connectivity index (χ2n) is 9.29. The summed E-state index contributed by atoms with van der Waals surface area (Å²) in [7, 11) is 0. The van der Waals surface area contributed by atoms with Gasteiger partial charge in [0.1, 0.15) is 17.2 Å². The summed E-state index contributed by atoms with van der Waals surface area (Å²) in [5.74, 6) is 2.32. The van der Waals surface area contributed by atoms with Crippen molar-refractivity contribution < 1.29 is 19.0 Å². The number of unbranched alkanes of at least 4 members (excludes halogenated alkanes) is 7. The molecule has 0 heterocycles. The van der Waals surface area contributed by atoms with Gasteiger partial charge in [-0.25, -0.2) is 4.79 Å². The van der Waals surface area contributed by atoms with Gasteiger partial charge in [-0.3, -0.25) is 0 Å². The Kier molecular flexibility index (Phi) is 14.4. The molecular formula is C31H44O4. The molecule has 4 heteroatoms. The third kappa shape index (κ3) is 12.5. The van der Waals surface area contributed by atoms with Crippen molar-refractivity contribution in [1.29, 1.82) is 0 Å². The minimum absolute atomic E-state index is 0.395. The lowest BCUT2D eigenvalue weighted by atomic mass is 10.0. The molecule has 0 fully saturated rings. The van der Waals surface area contributed by atoms with Crippen LogP contribution in [0.5, 0.6) is 17.2 Å². The molecule has 0 aliphatic heterocycles. The first-order chi connectivity index (χ1) is 17.1. The fourth-order valence-corrected chi connectivity index (χ4v) is 3.68. The van der Waals surface area contributed by atoms with Crippen LogP contribution in [-0.2, 0) is 0 Å². The summed E-state index contributed by atoms with van der Waals surface area (Å²) in [6.45, 7) is 7.42. The molecule has 0 aromatic heterocycles. The van der Waals surface area contributed by atoms with E-state index in [1.54, 1.807) is 42.7 Å². The van der Waals surface area contributed by atoms with Gasteiger partial charge in [0.15, 0.2) is 0 Å². The van der Waals surface area contributed by atoms with Gasteiger partial charge in [0.25, 0.3) is 0 Å². The van der Waals surface area contributed by atoms with E-state index in [4.69, 9.17) is 14.2 Å². The van der Waals surface area contributed by atoms with Gasteiger partial charge >= 0.3 is 5.97 Å². The number of rotatable bonds is 18. The zero-order valence-corrected chi connectivity index (χ0v) is 22.0. The van der Waals surface area contributed by atoms with Crippen LogP contribution in [0.15, 0.2) is 60.9 Å². The van der Waals surface area contributed by atoms with Crippen LogP contribution in [0, 0.1) is 5.92 Å². The number of carbonyl (C=O) groups is 1. The Bertz CT molecular complexity index is 839. The highest BCUT2D eigenvalue weighted by Crippen LogP contribution is 2.20. The molecule has 0 amide bonds. The van der Waals surface area contributed by atoms with Gasteiger partial charge in [0.2, 0.25) is 0 Å². The monoisotopic (exact) mass is 480 g/mol. The number of esters is 1. The Morgan fingerprint density at radius 3 is 2.11 bits per heavy atom. The summed E-state index contributed by atoms with van der Waals surface area (Å²) in [5.41, 5.74) is 0.481. The topological polar surface area (TPSA) is 44.8 Å². The molecule has 0 spiro atoms. The van der Waals surface area contributed by atoms with Crippen molar-refractivity contribution in [2.45, 2.75) is 91.4 Å². The van der Waals surface area contributed by atoms with Crippen molar-refractivity contribution >= 4 is 5.97 Å². The Morgan fingerprint density at radius 2 is 1.43 bits per heavy atom. The minimum Gasteiger partial charge on any atom is -0.494 e. The second kappa shape index (κ2) is 17.7. The van der Waals surface area contributed by atoms with Crippen molar-refractivity contribution in [3.8, 4) is 17.2 Å². The number of hydrogen-bond acceptors (Lipinski definition) is 4. The van der Waals surface area contributed by atoms with E-state index in [9.17, 15) is 4.79 Å². The fraction of sp³-hybridized carbons (Fsp3) is 0.516. The van der Waals surface area contributed by atoms with E-state index in [-0.39, 0.29) is 0 Å². The molecule has 0 saturated heterocycles. The lowest BCUT2D eigenvalue weighted by molar-refractivity contribution is 0.0734. The second-order valence-corrected chi connectivity index (χ2v) is 9.29. The molecule has 0 N–H and O–H groups in total. The van der Waals surface area contributed by atoms with Crippen LogP contribution in [0.2, 0.25) is 0 Å². The molecule has 2 aromatic carbocycles. The standard InChI is InChI=1S/C31H44O4/c1-4-6-7-8-9-10-11-12-13-24-33-28-18-16-27(17-19-28)31(32)35-30-22-20-29(21-23-30)34-25-14-15-26(3)5-2/h13,16-24,26H,4-12,14-15,25H2,1-3H3. The first-order valence-corrected chi connectivity index (χ1v) is 13.5. The SMILES string of the molecule is CCCCCCCCCC=COc1ccc(C(=O)Oc2ccc(OCCCC(C)CC)cc2)cc1. The van der Waals surface area contributed by atoms with Crippen molar-refractivity contribution in [1.82, 2.24) is 0 Å². The number of hydrogen-bond donors (Lipinski definition) is 0. The average Bonchev–Trinajstić information content (AvgIpc) is 2.88. The Hall–Kier alpha value is -2.75. The Labute approximate surface area is 212 Å². The van der Waals surface area contributed by atoms with Crippen LogP contribution >= 0.6 is 0 Å². The van der Waals surface area contributed by atoms with Crippen LogP contribution < -0.4 is 14.2 Å². The Balaban J connectivity index is 1.66. The maximum Gasteiger partial charge on any atom is 0.343 e. The first-order valence-electron chi connectivity index (χ1n) is 13.5. The van der Waals surface area contributed by atoms with E-state index in [1.807, 2.05) is 12.1 Å². The van der Waals surface area contributed by atoms with Gasteiger partial charge in [-0.2, -0.15) is 0 Å². The minimum atomic E-state index is -0.395. The fourth-order valence-electron chi connectivity index (χ4n) is 3.68. The number of allylic oxidation sites excluding steroid dienone is 1. The summed E-state index contributed by atoms with van der Waals surface area (Å²) < 4.78 is 16.9. The first kappa shape index (κ1) is 28.5. The summed E-state index contributed by atoms with van der Waals surface area (Å²) in [4.78, 5) is 12.4. The molecular weight excluding hydrogens is 436 g/mol. The summed E-state index contributed by atoms with van der Waals surface area (Å²) in [6, 6.07) is 14.2. The largest absolute Gasteiger partial charge is 0.494 e. The smallest absolute Gasteiger partial charge is 0.343 e. The zero-order valence-electron chi connectivity index (χ0n) is 22.0. The lowest BCUT2D eigenvalue weighted by Gasteiger charge is -2.10. The zero-order chi connectivity index (χ0) is 25.1. The Morgan fingerprint density at radius 1 is 0.800 bits per heavy atom. The quantitative estimate of drug-likeness (QED) is 0.0923. The molecule has 1 unspecified atom stereocenters. The molecule has 1 atom stereocenters. The van der Waals surface area contributed by atoms with Gasteiger partial charge in [-0.15, -0.1) is 0 Å². The predicted molar refractivity (Wildman–Crippen MR) is 144 cm³/mol. The number of benzene rings is 2. The van der Waals surface area contributed by atoms with E-state index in [1.165, 1.54) is 57.8 Å². The van der Waals surface area contributed by atoms with Crippen LogP contribution in [0.3, 0.4) is 0 Å². The summed E-state index contributed by atoms with van der Waals surface area (Å²) >= 11 is 0. The molecule has 0 aliphatic rings. The van der Waals surface area contributed by atoms with Crippen molar-refractivity contribution in [2.24, 2.45) is 5.92 Å². The van der Waals surface area contributed by atoms with Crippen LogP contribution in [0.4, 0.5) is 0 Å². The van der Waals surface area contributed by atoms with Gasteiger partial charge in [-0.1, -0.05) is 65.7 Å². The van der Waals surface area contributed by atoms with Gasteiger partial charge < -0.3 is 14.2 Å². The molecule has 2 aromatic rings. The molecule has 0 radical (unpaired) electrons. The molecule has 35 heavy (non-hydrogen) atoms. The maximum atomic E-state index is 12.4. The van der Waals surface area contributed by atoms with Gasteiger partial charge in [0.05, 0.1) is 18.4 Å². The number of carbonyl (C=O) groups excluding carboxylic acids is 1. The normalized spacial score (nSPS) is 12.0. The third-order valence-corrected chi connectivity index (χ3v) is 6.21. The highest BCUT2D eigenvalue weighted by atomic mass is 16.5. The molecule has 0 aliphatic carbocycles. The highest BCUT2D eigenvalue weighted by molar-refractivity contribution is 5.91. The predicted octanol–water partition coefficient (Wildman–Crippen LogP) is 9.14. The van der Waals surface area contributed by atoms with Crippen LogP contribution in [-0.4, -0.2) is 12.6 Å². The molecule has 192 valence electrons. The summed E-state index contributed by atoms with van der Waals surface area (Å²) in [6.07, 6.45) is 17.4. The maximum absolute atomic E-state index is 12.4. The average molecular weight is 481 g/mol. The molecule has 0 saturated carbocycles. The van der Waals surface area contributed by atoms with Crippen molar-refractivity contribution in [3.05, 3.63) is 66.4 Å². The van der Waals surface area contributed by atoms with E-state index < -0.39 is 5.97 Å².